The summed E-state index contributed by atoms with van der Waals surface area (Å²) in [5, 5.41) is 4.24. The first kappa shape index (κ1) is 13.8. The van der Waals surface area contributed by atoms with E-state index in [2.05, 4.69) is 24.4 Å². The Balaban J connectivity index is 1.57. The largest absolute Gasteiger partial charge is 0.299 e. The molecule has 0 spiro atoms. The van der Waals surface area contributed by atoms with Crippen molar-refractivity contribution in [3.8, 4) is 0 Å². The van der Waals surface area contributed by atoms with Gasteiger partial charge in [0.1, 0.15) is 5.78 Å². The Morgan fingerprint density at radius 3 is 2.45 bits per heavy atom. The van der Waals surface area contributed by atoms with Crippen molar-refractivity contribution in [1.82, 2.24) is 5.43 Å². The number of fused-ring (bicyclic) bond motifs is 1. The summed E-state index contributed by atoms with van der Waals surface area (Å²) >= 11 is 0. The highest BCUT2D eigenvalue weighted by molar-refractivity contribution is 6.05. The summed E-state index contributed by atoms with van der Waals surface area (Å²) in [7, 11) is 0. The molecule has 4 nitrogen and oxygen atoms in total. The maximum atomic E-state index is 12.2. The quantitative estimate of drug-likeness (QED) is 0.788. The normalized spacial score (nSPS) is 37.4. The third-order valence-corrected chi connectivity index (χ3v) is 5.04. The standard InChI is InChI=1S/C16H24N2O2/c1-16(2)8-10(7-11(19)9-16)17-18-15(20)14-12-5-3-4-6-13(12)14/h12-14H,3-9H2,1-2H3,(H,18,20)/b17-10+/t12-,13-/m1/s1. The Bertz CT molecular complexity index is 455. The van der Waals surface area contributed by atoms with E-state index in [0.29, 0.717) is 24.7 Å². The molecule has 3 fully saturated rings. The molecule has 3 aliphatic rings. The molecule has 20 heavy (non-hydrogen) atoms. The molecular weight excluding hydrogens is 252 g/mol. The predicted octanol–water partition coefficient (Wildman–Crippen LogP) is 2.67. The number of hydrogen-bond donors (Lipinski definition) is 1. The minimum Gasteiger partial charge on any atom is -0.299 e. The zero-order valence-corrected chi connectivity index (χ0v) is 12.4. The summed E-state index contributed by atoms with van der Waals surface area (Å²) in [6.07, 6.45) is 6.75. The smallest absolute Gasteiger partial charge is 0.243 e. The van der Waals surface area contributed by atoms with Crippen LogP contribution in [0.5, 0.6) is 0 Å². The zero-order valence-electron chi connectivity index (χ0n) is 12.4. The lowest BCUT2D eigenvalue weighted by atomic mass is 9.76. The van der Waals surface area contributed by atoms with Gasteiger partial charge in [-0.15, -0.1) is 0 Å². The monoisotopic (exact) mass is 276 g/mol. The minimum absolute atomic E-state index is 0.0214. The summed E-state index contributed by atoms with van der Waals surface area (Å²) in [5.74, 6) is 1.70. The molecule has 0 bridgehead atoms. The number of amides is 1. The Labute approximate surface area is 120 Å². The topological polar surface area (TPSA) is 58.5 Å². The molecule has 0 radical (unpaired) electrons. The molecule has 3 saturated carbocycles. The fourth-order valence-corrected chi connectivity index (χ4v) is 4.17. The van der Waals surface area contributed by atoms with Gasteiger partial charge in [-0.1, -0.05) is 26.7 Å². The number of ketones is 1. The van der Waals surface area contributed by atoms with Crippen molar-refractivity contribution in [2.24, 2.45) is 28.3 Å². The highest BCUT2D eigenvalue weighted by Crippen LogP contribution is 2.55. The van der Waals surface area contributed by atoms with Crippen LogP contribution in [0.4, 0.5) is 0 Å². The van der Waals surface area contributed by atoms with Gasteiger partial charge in [-0.25, -0.2) is 5.43 Å². The number of hydrogen-bond acceptors (Lipinski definition) is 3. The second kappa shape index (κ2) is 4.97. The third kappa shape index (κ3) is 2.79. The van der Waals surface area contributed by atoms with Crippen LogP contribution in [0.3, 0.4) is 0 Å². The maximum absolute atomic E-state index is 12.2. The fraction of sp³-hybridized carbons (Fsp3) is 0.812. The highest BCUT2D eigenvalue weighted by Gasteiger charge is 2.54. The van der Waals surface area contributed by atoms with Gasteiger partial charge >= 0.3 is 0 Å². The number of hydrazone groups is 1. The molecule has 0 aromatic heterocycles. The third-order valence-electron chi connectivity index (χ3n) is 5.04. The molecule has 3 rings (SSSR count). The zero-order chi connectivity index (χ0) is 14.3. The van der Waals surface area contributed by atoms with Crippen molar-refractivity contribution in [3.63, 3.8) is 0 Å². The van der Waals surface area contributed by atoms with Crippen molar-refractivity contribution in [1.29, 1.82) is 0 Å². The van der Waals surface area contributed by atoms with Crippen LogP contribution in [0, 0.1) is 23.2 Å². The first-order chi connectivity index (χ1) is 9.46. The molecule has 0 heterocycles. The van der Waals surface area contributed by atoms with Gasteiger partial charge in [0.25, 0.3) is 0 Å². The summed E-state index contributed by atoms with van der Waals surface area (Å²) < 4.78 is 0. The van der Waals surface area contributed by atoms with Gasteiger partial charge in [0.05, 0.1) is 0 Å². The second-order valence-corrected chi connectivity index (χ2v) is 7.53. The number of carbonyl (C=O) groups is 2. The minimum atomic E-state index is -0.0214. The molecule has 0 aromatic rings. The highest BCUT2D eigenvalue weighted by atomic mass is 16.2. The number of rotatable bonds is 2. The predicted molar refractivity (Wildman–Crippen MR) is 77.2 cm³/mol. The second-order valence-electron chi connectivity index (χ2n) is 7.53. The van der Waals surface area contributed by atoms with Gasteiger partial charge < -0.3 is 0 Å². The summed E-state index contributed by atoms with van der Waals surface area (Å²) in [6.45, 7) is 4.16. The Morgan fingerprint density at radius 1 is 1.20 bits per heavy atom. The van der Waals surface area contributed by atoms with Gasteiger partial charge in [-0.3, -0.25) is 9.59 Å². The van der Waals surface area contributed by atoms with Crippen LogP contribution in [-0.4, -0.2) is 17.4 Å². The van der Waals surface area contributed by atoms with Gasteiger partial charge in [0, 0.05) is 24.5 Å². The molecule has 0 aliphatic heterocycles. The molecule has 0 aromatic carbocycles. The molecule has 1 amide bonds. The van der Waals surface area contributed by atoms with Crippen molar-refractivity contribution in [2.45, 2.75) is 58.8 Å². The van der Waals surface area contributed by atoms with Crippen LogP contribution in [0.15, 0.2) is 5.10 Å². The fourth-order valence-electron chi connectivity index (χ4n) is 4.17. The van der Waals surface area contributed by atoms with Crippen LogP contribution in [0.1, 0.15) is 58.8 Å². The Morgan fingerprint density at radius 2 is 1.85 bits per heavy atom. The van der Waals surface area contributed by atoms with Crippen molar-refractivity contribution in [2.75, 3.05) is 0 Å². The lowest BCUT2D eigenvalue weighted by Crippen LogP contribution is -2.31. The van der Waals surface area contributed by atoms with E-state index in [1.165, 1.54) is 25.7 Å². The number of nitrogens with one attached hydrogen (secondary N) is 1. The van der Waals surface area contributed by atoms with E-state index >= 15 is 0 Å². The average molecular weight is 276 g/mol. The van der Waals surface area contributed by atoms with Crippen LogP contribution in [0.2, 0.25) is 0 Å². The van der Waals surface area contributed by atoms with E-state index in [1.54, 1.807) is 0 Å². The summed E-state index contributed by atoms with van der Waals surface area (Å²) in [6, 6.07) is 0. The van der Waals surface area contributed by atoms with Gasteiger partial charge in [0.2, 0.25) is 5.91 Å². The molecule has 0 unspecified atom stereocenters. The first-order valence-corrected chi connectivity index (χ1v) is 7.83. The van der Waals surface area contributed by atoms with Crippen molar-refractivity contribution >= 4 is 17.4 Å². The van der Waals surface area contributed by atoms with Gasteiger partial charge in [0.15, 0.2) is 0 Å². The molecule has 110 valence electrons. The van der Waals surface area contributed by atoms with Crippen LogP contribution in [0.25, 0.3) is 0 Å². The first-order valence-electron chi connectivity index (χ1n) is 7.83. The molecule has 1 N–H and O–H groups in total. The van der Waals surface area contributed by atoms with Gasteiger partial charge in [-0.05, 0) is 36.5 Å². The average Bonchev–Trinajstić information content (AvgIpc) is 3.08. The Hall–Kier alpha value is -1.19. The summed E-state index contributed by atoms with van der Waals surface area (Å²) in [4.78, 5) is 23.8. The van der Waals surface area contributed by atoms with E-state index in [0.717, 1.165) is 12.1 Å². The molecule has 2 atom stereocenters. The van der Waals surface area contributed by atoms with Gasteiger partial charge in [-0.2, -0.15) is 5.10 Å². The van der Waals surface area contributed by atoms with Crippen LogP contribution in [-0.2, 0) is 9.59 Å². The van der Waals surface area contributed by atoms with E-state index < -0.39 is 0 Å². The van der Waals surface area contributed by atoms with Crippen LogP contribution >= 0.6 is 0 Å². The molecule has 3 aliphatic carbocycles. The maximum Gasteiger partial charge on any atom is 0.243 e. The molecule has 0 saturated heterocycles. The lowest BCUT2D eigenvalue weighted by molar-refractivity contribution is -0.123. The molecule has 4 heteroatoms. The summed E-state index contributed by atoms with van der Waals surface area (Å²) in [5.41, 5.74) is 3.54. The molecular formula is C16H24N2O2. The van der Waals surface area contributed by atoms with Crippen LogP contribution < -0.4 is 5.43 Å². The number of Topliss-reactive ketones (excluding diaryl/α,β-unsaturated/α-hetero) is 1. The van der Waals surface area contributed by atoms with E-state index in [1.807, 2.05) is 0 Å². The number of carbonyl (C=O) groups excluding carboxylic acids is 2. The van der Waals surface area contributed by atoms with Crippen molar-refractivity contribution in [3.05, 3.63) is 0 Å². The SMILES string of the molecule is CC1(C)CC(=O)C/C(=N\NC(=O)C2[C@@H]3CCCC[C@@H]23)C1. The van der Waals surface area contributed by atoms with E-state index in [4.69, 9.17) is 0 Å². The van der Waals surface area contributed by atoms with E-state index in [-0.39, 0.29) is 23.0 Å². The van der Waals surface area contributed by atoms with Crippen molar-refractivity contribution < 1.29 is 9.59 Å². The van der Waals surface area contributed by atoms with E-state index in [9.17, 15) is 9.59 Å². The lowest BCUT2D eigenvalue weighted by Gasteiger charge is -2.29. The number of nitrogens with zero attached hydrogens (tertiary/aromatic N) is 1. The Kier molecular flexibility index (Phi) is 3.43.